The van der Waals surface area contributed by atoms with E-state index in [2.05, 4.69) is 14.8 Å². The molecule has 4 aromatic rings. The predicted octanol–water partition coefficient (Wildman–Crippen LogP) is 4.21. The van der Waals surface area contributed by atoms with E-state index in [0.717, 1.165) is 11.3 Å². The number of fused-ring (bicyclic) bond motifs is 1. The maximum Gasteiger partial charge on any atom is 0.284 e. The first-order valence-electron chi connectivity index (χ1n) is 11.3. The highest BCUT2D eigenvalue weighted by molar-refractivity contribution is 7.90. The Labute approximate surface area is 220 Å². The summed E-state index contributed by atoms with van der Waals surface area (Å²) in [7, 11) is 0.856. The first-order chi connectivity index (χ1) is 17.6. The van der Waals surface area contributed by atoms with Crippen molar-refractivity contribution in [1.82, 2.24) is 14.7 Å². The molecule has 3 aromatic carbocycles. The van der Waals surface area contributed by atoms with Crippen LogP contribution in [0.4, 0.5) is 5.69 Å². The van der Waals surface area contributed by atoms with E-state index < -0.39 is 10.0 Å². The molecule has 0 aliphatic rings. The average Bonchev–Trinajstić information content (AvgIpc) is 3.26. The second-order valence-corrected chi connectivity index (χ2v) is 10.6. The van der Waals surface area contributed by atoms with Crippen LogP contribution in [0.25, 0.3) is 10.9 Å². The van der Waals surface area contributed by atoms with Crippen LogP contribution in [0.2, 0.25) is 5.02 Å². The first-order valence-corrected chi connectivity index (χ1v) is 13.1. The van der Waals surface area contributed by atoms with Gasteiger partial charge in [0.05, 0.1) is 25.6 Å². The zero-order valence-electron chi connectivity index (χ0n) is 20.6. The third-order valence-corrected chi connectivity index (χ3v) is 7.06. The number of benzene rings is 3. The molecule has 11 heteroatoms. The summed E-state index contributed by atoms with van der Waals surface area (Å²) < 4.78 is 36.9. The molecule has 1 aromatic heterocycles. The van der Waals surface area contributed by atoms with Crippen LogP contribution in [0.1, 0.15) is 11.1 Å². The van der Waals surface area contributed by atoms with Crippen LogP contribution in [0.3, 0.4) is 0 Å². The number of hydrogen-bond acceptors (Lipinski definition) is 5. The van der Waals surface area contributed by atoms with Gasteiger partial charge in [-0.2, -0.15) is 13.5 Å². The van der Waals surface area contributed by atoms with Crippen molar-refractivity contribution < 1.29 is 17.9 Å². The van der Waals surface area contributed by atoms with Crippen LogP contribution >= 0.6 is 11.6 Å². The van der Waals surface area contributed by atoms with Gasteiger partial charge in [0, 0.05) is 36.4 Å². The largest absolute Gasteiger partial charge is 0.497 e. The summed E-state index contributed by atoms with van der Waals surface area (Å²) in [4.78, 5) is 14.2. The molecule has 0 radical (unpaired) electrons. The summed E-state index contributed by atoms with van der Waals surface area (Å²) in [6.07, 6.45) is 2.91. The number of carbonyl (C=O) groups is 1. The van der Waals surface area contributed by atoms with Crippen LogP contribution in [0, 0.1) is 0 Å². The molecule has 1 N–H and O–H groups in total. The van der Waals surface area contributed by atoms with Gasteiger partial charge in [0.1, 0.15) is 17.0 Å². The van der Waals surface area contributed by atoms with Crippen LogP contribution in [-0.4, -0.2) is 56.5 Å². The van der Waals surface area contributed by atoms with Gasteiger partial charge in [-0.1, -0.05) is 41.9 Å². The molecule has 0 bridgehead atoms. The highest BCUT2D eigenvalue weighted by atomic mass is 35.5. The minimum absolute atomic E-state index is 0.0322. The number of ether oxygens (including phenoxy) is 1. The monoisotopic (exact) mass is 539 g/mol. The molecule has 0 aliphatic carbocycles. The Morgan fingerprint density at radius 3 is 2.57 bits per heavy atom. The average molecular weight is 540 g/mol. The lowest BCUT2D eigenvalue weighted by Crippen LogP contribution is -2.15. The van der Waals surface area contributed by atoms with Crippen molar-refractivity contribution in [2.75, 3.05) is 26.5 Å². The van der Waals surface area contributed by atoms with Crippen molar-refractivity contribution in [2.45, 2.75) is 17.9 Å². The highest BCUT2D eigenvalue weighted by Gasteiger charge is 2.21. The van der Waals surface area contributed by atoms with Gasteiger partial charge in [-0.15, -0.1) is 4.40 Å². The van der Waals surface area contributed by atoms with Crippen LogP contribution in [0.15, 0.2) is 76.2 Å². The molecule has 0 spiro atoms. The van der Waals surface area contributed by atoms with Gasteiger partial charge >= 0.3 is 0 Å². The number of halogens is 1. The molecular formula is C26H26ClN5O4S. The Bertz CT molecular complexity index is 1560. The number of rotatable bonds is 9. The number of methoxy groups -OCH3 is 1. The quantitative estimate of drug-likeness (QED) is 0.252. The smallest absolute Gasteiger partial charge is 0.284 e. The number of anilines is 1. The number of amides is 1. The van der Waals surface area contributed by atoms with Crippen molar-refractivity contribution in [3.05, 3.63) is 83.0 Å². The Morgan fingerprint density at radius 1 is 1.16 bits per heavy atom. The van der Waals surface area contributed by atoms with Crippen LogP contribution in [0.5, 0.6) is 5.75 Å². The Balaban J connectivity index is 1.70. The highest BCUT2D eigenvalue weighted by Crippen LogP contribution is 2.29. The molecule has 9 nitrogen and oxygen atoms in total. The van der Waals surface area contributed by atoms with Gasteiger partial charge in [0.2, 0.25) is 5.91 Å². The van der Waals surface area contributed by atoms with E-state index in [9.17, 15) is 13.2 Å². The number of sulfonamides is 1. The van der Waals surface area contributed by atoms with E-state index in [-0.39, 0.29) is 22.9 Å². The molecule has 0 unspecified atom stereocenters. The molecule has 1 heterocycles. The fourth-order valence-electron chi connectivity index (χ4n) is 3.66. The molecule has 4 rings (SSSR count). The lowest BCUT2D eigenvalue weighted by Gasteiger charge is -2.09. The normalized spacial score (nSPS) is 11.7. The molecule has 1 amide bonds. The third kappa shape index (κ3) is 6.46. The van der Waals surface area contributed by atoms with E-state index in [1.165, 1.54) is 17.3 Å². The van der Waals surface area contributed by atoms with Gasteiger partial charge < -0.3 is 15.0 Å². The van der Waals surface area contributed by atoms with Gasteiger partial charge in [0.25, 0.3) is 10.0 Å². The van der Waals surface area contributed by atoms with Crippen LogP contribution in [-0.2, 0) is 27.8 Å². The number of aromatic nitrogens is 2. The molecule has 0 aliphatic heterocycles. The summed E-state index contributed by atoms with van der Waals surface area (Å²) in [5, 5.41) is 8.22. The van der Waals surface area contributed by atoms with Crippen LogP contribution < -0.4 is 10.1 Å². The van der Waals surface area contributed by atoms with Crippen molar-refractivity contribution in [2.24, 2.45) is 4.40 Å². The number of nitrogens with one attached hydrogen (secondary N) is 1. The van der Waals surface area contributed by atoms with Gasteiger partial charge in [-0.05, 0) is 41.5 Å². The molecule has 0 fully saturated rings. The van der Waals surface area contributed by atoms with E-state index in [0.29, 0.717) is 28.0 Å². The zero-order chi connectivity index (χ0) is 26.6. The standard InChI is InChI=1S/C26H26ClN5O4S/c1-31(2)17-28-37(34,35)25-14-20(29-26(33)12-19-6-4-5-7-23(19)27)13-24-22(25)16-32(30-24)15-18-8-10-21(36-3)11-9-18/h4-11,13-14,16-17H,12,15H2,1-3H3,(H,29,33). The van der Waals surface area contributed by atoms with Gasteiger partial charge in [0.15, 0.2) is 0 Å². The third-order valence-electron chi connectivity index (χ3n) is 5.43. The molecule has 192 valence electrons. The molecule has 37 heavy (non-hydrogen) atoms. The Kier molecular flexibility index (Phi) is 7.80. The Hall–Kier alpha value is -3.89. The van der Waals surface area contributed by atoms with Gasteiger partial charge in [-0.3, -0.25) is 9.48 Å². The van der Waals surface area contributed by atoms with E-state index in [1.54, 1.807) is 62.4 Å². The summed E-state index contributed by atoms with van der Waals surface area (Å²) in [6.45, 7) is 0.410. The number of carbonyl (C=O) groups excluding carboxylic acids is 1. The SMILES string of the molecule is COc1ccc(Cn2cc3c(S(=O)(=O)N=CN(C)C)cc(NC(=O)Cc4ccccc4Cl)cc3n2)cc1. The minimum Gasteiger partial charge on any atom is -0.497 e. The van der Waals surface area contributed by atoms with Crippen molar-refractivity contribution >= 4 is 50.5 Å². The Morgan fingerprint density at radius 2 is 1.89 bits per heavy atom. The summed E-state index contributed by atoms with van der Waals surface area (Å²) in [5.74, 6) is 0.393. The number of nitrogens with zero attached hydrogens (tertiary/aromatic N) is 4. The van der Waals surface area contributed by atoms with Crippen molar-refractivity contribution in [3.8, 4) is 5.75 Å². The molecule has 0 atom stereocenters. The van der Waals surface area contributed by atoms with E-state index in [4.69, 9.17) is 16.3 Å². The molecule has 0 saturated carbocycles. The first kappa shape index (κ1) is 26.2. The van der Waals surface area contributed by atoms with Gasteiger partial charge in [-0.25, -0.2) is 0 Å². The summed E-state index contributed by atoms with van der Waals surface area (Å²) in [5.41, 5.74) is 2.31. The van der Waals surface area contributed by atoms with E-state index in [1.807, 2.05) is 24.3 Å². The molecule has 0 saturated heterocycles. The number of hydrogen-bond donors (Lipinski definition) is 1. The van der Waals surface area contributed by atoms with Crippen molar-refractivity contribution in [1.29, 1.82) is 0 Å². The topological polar surface area (TPSA) is 106 Å². The fraction of sp³-hybridized carbons (Fsp3) is 0.192. The second-order valence-electron chi connectivity index (χ2n) is 8.56. The lowest BCUT2D eigenvalue weighted by atomic mass is 10.1. The summed E-state index contributed by atoms with van der Waals surface area (Å²) >= 11 is 6.18. The second kappa shape index (κ2) is 11.0. The molecular weight excluding hydrogens is 514 g/mol. The fourth-order valence-corrected chi connectivity index (χ4v) is 5.00. The maximum absolute atomic E-state index is 13.2. The minimum atomic E-state index is -4.09. The predicted molar refractivity (Wildman–Crippen MR) is 145 cm³/mol. The van der Waals surface area contributed by atoms with E-state index >= 15 is 0 Å². The maximum atomic E-state index is 13.2. The summed E-state index contributed by atoms with van der Waals surface area (Å²) in [6, 6.07) is 17.6. The lowest BCUT2D eigenvalue weighted by molar-refractivity contribution is -0.115. The van der Waals surface area contributed by atoms with Crippen molar-refractivity contribution in [3.63, 3.8) is 0 Å². The zero-order valence-corrected chi connectivity index (χ0v) is 22.1.